The lowest BCUT2D eigenvalue weighted by atomic mass is 9.91. The predicted octanol–water partition coefficient (Wildman–Crippen LogP) is 4.68. The number of likely N-dealkylation sites (N-methyl/N-ethyl adjacent to an activating group) is 1. The van der Waals surface area contributed by atoms with Gasteiger partial charge in [-0.15, -0.1) is 0 Å². The molecule has 2 unspecified atom stereocenters. The Labute approximate surface area is 151 Å². The molecule has 1 aliphatic rings. The van der Waals surface area contributed by atoms with E-state index in [0.29, 0.717) is 12.6 Å². The van der Waals surface area contributed by atoms with E-state index in [9.17, 15) is 4.79 Å². The van der Waals surface area contributed by atoms with Crippen molar-refractivity contribution in [3.05, 3.63) is 24.3 Å². The molecule has 25 heavy (non-hydrogen) atoms. The zero-order chi connectivity index (χ0) is 18.1. The summed E-state index contributed by atoms with van der Waals surface area (Å²) in [7, 11) is 0. The Kier molecular flexibility index (Phi) is 8.06. The van der Waals surface area contributed by atoms with Crippen molar-refractivity contribution in [2.45, 2.75) is 65.0 Å². The molecule has 0 saturated heterocycles. The number of hydrogen-bond donors (Lipinski definition) is 1. The summed E-state index contributed by atoms with van der Waals surface area (Å²) in [6.45, 7) is 9.07. The number of hydrogen-bond acceptors (Lipinski definition) is 4. The summed E-state index contributed by atoms with van der Waals surface area (Å²) in [5.74, 6) is 0.814. The molecule has 5 heteroatoms. The van der Waals surface area contributed by atoms with Crippen LogP contribution in [0.3, 0.4) is 0 Å². The Morgan fingerprint density at radius 3 is 2.44 bits per heavy atom. The first-order valence-electron chi connectivity index (χ1n) is 9.62. The van der Waals surface area contributed by atoms with E-state index in [2.05, 4.69) is 31.0 Å². The highest BCUT2D eigenvalue weighted by Crippen LogP contribution is 2.26. The van der Waals surface area contributed by atoms with E-state index >= 15 is 0 Å². The van der Waals surface area contributed by atoms with Crippen molar-refractivity contribution in [2.24, 2.45) is 0 Å². The van der Waals surface area contributed by atoms with Gasteiger partial charge in [0.1, 0.15) is 11.9 Å². The van der Waals surface area contributed by atoms with Crippen LogP contribution in [0.4, 0.5) is 10.5 Å². The molecule has 1 fully saturated rings. The Balaban J connectivity index is 1.89. The van der Waals surface area contributed by atoms with E-state index in [1.54, 1.807) is 0 Å². The van der Waals surface area contributed by atoms with Gasteiger partial charge in [0, 0.05) is 11.7 Å². The topological polar surface area (TPSA) is 50.8 Å². The van der Waals surface area contributed by atoms with Crippen LogP contribution in [0, 0.1) is 0 Å². The van der Waals surface area contributed by atoms with Gasteiger partial charge in [-0.3, -0.25) is 10.2 Å². The third kappa shape index (κ3) is 5.92. The number of anilines is 1. The normalized spacial score (nSPS) is 20.3. The molecule has 0 aromatic heterocycles. The van der Waals surface area contributed by atoms with Crippen molar-refractivity contribution in [1.29, 1.82) is 0 Å². The molecular weight excluding hydrogens is 316 g/mol. The summed E-state index contributed by atoms with van der Waals surface area (Å²) >= 11 is 0. The number of nitrogens with one attached hydrogen (secondary N) is 1. The van der Waals surface area contributed by atoms with Gasteiger partial charge in [-0.1, -0.05) is 27.2 Å². The number of amides is 1. The van der Waals surface area contributed by atoms with Gasteiger partial charge in [0.2, 0.25) is 0 Å². The highest BCUT2D eigenvalue weighted by molar-refractivity contribution is 5.84. The van der Waals surface area contributed by atoms with Gasteiger partial charge >= 0.3 is 6.09 Å². The van der Waals surface area contributed by atoms with Crippen molar-refractivity contribution >= 4 is 11.8 Å². The van der Waals surface area contributed by atoms with Crippen LogP contribution in [0.5, 0.6) is 5.75 Å². The lowest BCUT2D eigenvalue weighted by Crippen LogP contribution is -2.47. The van der Waals surface area contributed by atoms with E-state index < -0.39 is 0 Å². The van der Waals surface area contributed by atoms with Crippen LogP contribution < -0.4 is 10.1 Å². The van der Waals surface area contributed by atoms with Crippen LogP contribution >= 0.6 is 0 Å². The molecule has 0 radical (unpaired) electrons. The summed E-state index contributed by atoms with van der Waals surface area (Å²) in [5.41, 5.74) is 0.726. The van der Waals surface area contributed by atoms with E-state index in [1.165, 1.54) is 6.42 Å². The molecule has 140 valence electrons. The molecule has 0 heterocycles. The van der Waals surface area contributed by atoms with Gasteiger partial charge in [0.15, 0.2) is 0 Å². The smallest absolute Gasteiger partial charge is 0.411 e. The molecule has 1 aromatic rings. The average molecular weight is 348 g/mol. The molecule has 0 spiro atoms. The van der Waals surface area contributed by atoms with Crippen molar-refractivity contribution in [3.8, 4) is 5.75 Å². The monoisotopic (exact) mass is 348 g/mol. The van der Waals surface area contributed by atoms with Crippen LogP contribution in [0.2, 0.25) is 0 Å². The molecule has 5 nitrogen and oxygen atoms in total. The fraction of sp³-hybridized carbons (Fsp3) is 0.650. The third-order valence-electron chi connectivity index (χ3n) is 4.78. The van der Waals surface area contributed by atoms with Crippen molar-refractivity contribution in [3.63, 3.8) is 0 Å². The molecule has 0 aliphatic heterocycles. The molecule has 0 bridgehead atoms. The summed E-state index contributed by atoms with van der Waals surface area (Å²) < 4.78 is 11.3. The van der Waals surface area contributed by atoms with Gasteiger partial charge in [0.05, 0.1) is 6.61 Å². The fourth-order valence-electron chi connectivity index (χ4n) is 3.46. The zero-order valence-electron chi connectivity index (χ0n) is 15.8. The Morgan fingerprint density at radius 2 is 1.80 bits per heavy atom. The quantitative estimate of drug-likeness (QED) is 0.741. The number of rotatable bonds is 8. The van der Waals surface area contributed by atoms with Crippen LogP contribution in [-0.4, -0.2) is 42.8 Å². The minimum Gasteiger partial charge on any atom is -0.494 e. The standard InChI is InChI=1S/C20H32N2O3/c1-4-15-24-17-13-11-16(12-14-17)21-20(23)25-19-10-8-7-9-18(19)22(5-2)6-3/h11-14,18-19H,4-10,15H2,1-3H3,(H,21,23). The van der Waals surface area contributed by atoms with Crippen molar-refractivity contribution in [1.82, 2.24) is 4.90 Å². The van der Waals surface area contributed by atoms with Crippen LogP contribution in [0.25, 0.3) is 0 Å². The average Bonchev–Trinajstić information content (AvgIpc) is 2.63. The van der Waals surface area contributed by atoms with Crippen LogP contribution in [-0.2, 0) is 4.74 Å². The second-order valence-corrected chi connectivity index (χ2v) is 6.51. The Hall–Kier alpha value is -1.75. The largest absolute Gasteiger partial charge is 0.494 e. The number of carbonyl (C=O) groups excluding carboxylic acids is 1. The van der Waals surface area contributed by atoms with Gasteiger partial charge in [-0.05, 0) is 63.0 Å². The summed E-state index contributed by atoms with van der Waals surface area (Å²) in [6, 6.07) is 7.75. The van der Waals surface area contributed by atoms with Gasteiger partial charge in [-0.2, -0.15) is 0 Å². The third-order valence-corrected chi connectivity index (χ3v) is 4.78. The van der Waals surface area contributed by atoms with Gasteiger partial charge in [0.25, 0.3) is 0 Å². The first-order valence-corrected chi connectivity index (χ1v) is 9.62. The summed E-state index contributed by atoms with van der Waals surface area (Å²) in [5, 5.41) is 2.83. The molecule has 2 atom stereocenters. The molecule has 1 aromatic carbocycles. The maximum Gasteiger partial charge on any atom is 0.411 e. The molecular formula is C20H32N2O3. The highest BCUT2D eigenvalue weighted by atomic mass is 16.6. The summed E-state index contributed by atoms with van der Waals surface area (Å²) in [4.78, 5) is 14.7. The van der Waals surface area contributed by atoms with Crippen LogP contribution in [0.15, 0.2) is 24.3 Å². The minimum absolute atomic E-state index is 0.0270. The minimum atomic E-state index is -0.369. The van der Waals surface area contributed by atoms with Crippen molar-refractivity contribution < 1.29 is 14.3 Å². The Morgan fingerprint density at radius 1 is 1.12 bits per heavy atom. The van der Waals surface area contributed by atoms with Crippen molar-refractivity contribution in [2.75, 3.05) is 25.0 Å². The van der Waals surface area contributed by atoms with E-state index in [-0.39, 0.29) is 12.2 Å². The van der Waals surface area contributed by atoms with Gasteiger partial charge < -0.3 is 9.47 Å². The number of carbonyl (C=O) groups is 1. The maximum absolute atomic E-state index is 12.3. The first-order chi connectivity index (χ1) is 12.2. The number of nitrogens with zero attached hydrogens (tertiary/aromatic N) is 1. The predicted molar refractivity (Wildman–Crippen MR) is 101 cm³/mol. The molecule has 1 N–H and O–H groups in total. The van der Waals surface area contributed by atoms with E-state index in [0.717, 1.165) is 50.2 Å². The van der Waals surface area contributed by atoms with E-state index in [4.69, 9.17) is 9.47 Å². The lowest BCUT2D eigenvalue weighted by molar-refractivity contribution is 0.0125. The maximum atomic E-state index is 12.3. The molecule has 1 saturated carbocycles. The zero-order valence-corrected chi connectivity index (χ0v) is 15.8. The molecule has 2 rings (SSSR count). The molecule has 1 aliphatic carbocycles. The second-order valence-electron chi connectivity index (χ2n) is 6.51. The fourth-order valence-corrected chi connectivity index (χ4v) is 3.46. The molecule has 1 amide bonds. The van der Waals surface area contributed by atoms with Gasteiger partial charge in [-0.25, -0.2) is 4.79 Å². The first kappa shape index (κ1) is 19.6. The Bertz CT molecular complexity index is 514. The highest BCUT2D eigenvalue weighted by Gasteiger charge is 2.31. The lowest BCUT2D eigenvalue weighted by Gasteiger charge is -2.38. The second kappa shape index (κ2) is 10.3. The van der Waals surface area contributed by atoms with E-state index in [1.807, 2.05) is 24.3 Å². The van der Waals surface area contributed by atoms with Crippen LogP contribution in [0.1, 0.15) is 52.9 Å². The SMILES string of the molecule is CCCOc1ccc(NC(=O)OC2CCCCC2N(CC)CC)cc1. The summed E-state index contributed by atoms with van der Waals surface area (Å²) in [6.07, 6.45) is 4.95. The number of benzene rings is 1. The number of ether oxygens (including phenoxy) is 2.